The Morgan fingerprint density at radius 1 is 1.14 bits per heavy atom. The number of hydrogen-bond donors (Lipinski definition) is 2. The van der Waals surface area contributed by atoms with Gasteiger partial charge in [0.05, 0.1) is 0 Å². The van der Waals surface area contributed by atoms with Gasteiger partial charge in [-0.1, -0.05) is 0 Å². The fraction of sp³-hybridized carbons (Fsp3) is 0.333. The number of anilines is 2. The average molecular weight is 397 g/mol. The first-order chi connectivity index (χ1) is 14.1. The number of tetrazole rings is 1. The molecular weight excluding hydrogens is 378 g/mol. The summed E-state index contributed by atoms with van der Waals surface area (Å²) in [4.78, 5) is 25.2. The molecule has 1 fully saturated rings. The van der Waals surface area contributed by atoms with Crippen LogP contribution >= 0.6 is 0 Å². The number of carbonyl (C=O) groups excluding carboxylic acids is 1. The lowest BCUT2D eigenvalue weighted by molar-refractivity contribution is -0.139. The topological polar surface area (TPSA) is 135 Å². The minimum absolute atomic E-state index is 0.0345. The lowest BCUT2D eigenvalue weighted by atomic mass is 9.96. The molecule has 0 atom stereocenters. The third kappa shape index (κ3) is 4.39. The highest BCUT2D eigenvalue weighted by Crippen LogP contribution is 2.24. The molecule has 3 aromatic rings. The van der Waals surface area contributed by atoms with Crippen LogP contribution in [0.2, 0.25) is 0 Å². The van der Waals surface area contributed by atoms with E-state index in [2.05, 4.69) is 30.8 Å². The van der Waals surface area contributed by atoms with E-state index in [9.17, 15) is 9.59 Å². The standard InChI is InChI=1S/C18H19N7O4/c26-17(27)11-29-14-3-1-13(2-4-14)19-18(28)12-7-9-24(10-8-12)16-6-5-15-20-22-23-25(15)21-16/h1-6,12H,7-11H2,(H,19,28)(H,26,27). The van der Waals surface area contributed by atoms with Gasteiger partial charge in [0, 0.05) is 24.7 Å². The minimum atomic E-state index is -1.04. The maximum Gasteiger partial charge on any atom is 0.341 e. The number of rotatable bonds is 6. The summed E-state index contributed by atoms with van der Waals surface area (Å²) >= 11 is 0. The van der Waals surface area contributed by atoms with Gasteiger partial charge in [-0.05, 0) is 59.7 Å². The van der Waals surface area contributed by atoms with E-state index in [1.165, 1.54) is 4.63 Å². The van der Waals surface area contributed by atoms with Crippen molar-refractivity contribution in [3.63, 3.8) is 0 Å². The first kappa shape index (κ1) is 18.6. The van der Waals surface area contributed by atoms with Gasteiger partial charge in [0.25, 0.3) is 0 Å². The Kier molecular flexibility index (Phi) is 5.18. The molecule has 11 nitrogen and oxygen atoms in total. The van der Waals surface area contributed by atoms with Crippen molar-refractivity contribution in [1.29, 1.82) is 0 Å². The van der Waals surface area contributed by atoms with Gasteiger partial charge in [-0.15, -0.1) is 14.8 Å². The third-order valence-electron chi connectivity index (χ3n) is 4.73. The van der Waals surface area contributed by atoms with Crippen LogP contribution in [0, 0.1) is 5.92 Å². The number of nitrogens with zero attached hydrogens (tertiary/aromatic N) is 6. The molecule has 0 saturated carbocycles. The zero-order chi connectivity index (χ0) is 20.2. The Morgan fingerprint density at radius 2 is 1.90 bits per heavy atom. The highest BCUT2D eigenvalue weighted by atomic mass is 16.5. The minimum Gasteiger partial charge on any atom is -0.482 e. The summed E-state index contributed by atoms with van der Waals surface area (Å²) in [6.45, 7) is 1.01. The zero-order valence-corrected chi connectivity index (χ0v) is 15.4. The molecule has 0 aliphatic carbocycles. The van der Waals surface area contributed by atoms with Crippen LogP contribution in [-0.2, 0) is 9.59 Å². The summed E-state index contributed by atoms with van der Waals surface area (Å²) in [5.41, 5.74) is 1.23. The van der Waals surface area contributed by atoms with Gasteiger partial charge in [-0.25, -0.2) is 4.79 Å². The molecule has 3 heterocycles. The molecule has 29 heavy (non-hydrogen) atoms. The van der Waals surface area contributed by atoms with Gasteiger partial charge in [0.15, 0.2) is 18.1 Å². The normalized spacial score (nSPS) is 14.7. The van der Waals surface area contributed by atoms with Crippen LogP contribution in [0.1, 0.15) is 12.8 Å². The molecule has 2 N–H and O–H groups in total. The van der Waals surface area contributed by atoms with E-state index in [1.807, 2.05) is 12.1 Å². The molecule has 1 saturated heterocycles. The molecule has 0 unspecified atom stereocenters. The Labute approximate surface area is 165 Å². The third-order valence-corrected chi connectivity index (χ3v) is 4.73. The lowest BCUT2D eigenvalue weighted by Crippen LogP contribution is -2.38. The first-order valence-corrected chi connectivity index (χ1v) is 9.14. The molecule has 2 aromatic heterocycles. The summed E-state index contributed by atoms with van der Waals surface area (Å²) in [6, 6.07) is 10.3. The fourth-order valence-electron chi connectivity index (χ4n) is 3.20. The van der Waals surface area contributed by atoms with E-state index in [-0.39, 0.29) is 11.8 Å². The van der Waals surface area contributed by atoms with E-state index < -0.39 is 12.6 Å². The van der Waals surface area contributed by atoms with E-state index in [0.717, 1.165) is 5.82 Å². The van der Waals surface area contributed by atoms with E-state index in [1.54, 1.807) is 24.3 Å². The number of fused-ring (bicyclic) bond motifs is 1. The summed E-state index contributed by atoms with van der Waals surface area (Å²) in [5, 5.41) is 27.1. The maximum atomic E-state index is 12.6. The number of carbonyl (C=O) groups is 2. The summed E-state index contributed by atoms with van der Waals surface area (Å²) < 4.78 is 6.47. The highest BCUT2D eigenvalue weighted by Gasteiger charge is 2.26. The number of piperidine rings is 1. The monoisotopic (exact) mass is 397 g/mol. The second kappa shape index (κ2) is 8.09. The van der Waals surface area contributed by atoms with Crippen molar-refractivity contribution in [3.05, 3.63) is 36.4 Å². The predicted molar refractivity (Wildman–Crippen MR) is 102 cm³/mol. The molecule has 1 aliphatic rings. The number of amides is 1. The number of carboxylic acid groups (broad SMARTS) is 1. The largest absolute Gasteiger partial charge is 0.482 e. The van der Waals surface area contributed by atoms with Crippen molar-refractivity contribution in [3.8, 4) is 5.75 Å². The summed E-state index contributed by atoms with van der Waals surface area (Å²) in [6.07, 6.45) is 1.42. The van der Waals surface area contributed by atoms with Crippen LogP contribution in [0.3, 0.4) is 0 Å². The van der Waals surface area contributed by atoms with Gasteiger partial charge < -0.3 is 20.1 Å². The van der Waals surface area contributed by atoms with Crippen molar-refractivity contribution >= 4 is 29.0 Å². The molecule has 4 rings (SSSR count). The van der Waals surface area contributed by atoms with E-state index in [0.29, 0.717) is 43.0 Å². The van der Waals surface area contributed by atoms with Gasteiger partial charge >= 0.3 is 5.97 Å². The molecular formula is C18H19N7O4. The number of aromatic nitrogens is 5. The number of carboxylic acids is 1. The smallest absolute Gasteiger partial charge is 0.341 e. The van der Waals surface area contributed by atoms with Crippen LogP contribution in [0.25, 0.3) is 5.65 Å². The Bertz CT molecular complexity index is 1010. The molecule has 11 heteroatoms. The van der Waals surface area contributed by atoms with Gasteiger partial charge in [-0.3, -0.25) is 4.79 Å². The molecule has 0 radical (unpaired) electrons. The first-order valence-electron chi connectivity index (χ1n) is 9.14. The fourth-order valence-corrected chi connectivity index (χ4v) is 3.20. The summed E-state index contributed by atoms with van der Waals surface area (Å²) in [7, 11) is 0. The van der Waals surface area contributed by atoms with Crippen molar-refractivity contribution in [2.45, 2.75) is 12.8 Å². The second-order valence-electron chi connectivity index (χ2n) is 6.68. The lowest BCUT2D eigenvalue weighted by Gasteiger charge is -2.31. The molecule has 1 aromatic carbocycles. The Morgan fingerprint density at radius 3 is 2.62 bits per heavy atom. The van der Waals surface area contributed by atoms with Crippen molar-refractivity contribution in [1.82, 2.24) is 25.3 Å². The van der Waals surface area contributed by atoms with E-state index in [4.69, 9.17) is 9.84 Å². The second-order valence-corrected chi connectivity index (χ2v) is 6.68. The molecule has 0 bridgehead atoms. The number of benzene rings is 1. The number of aliphatic carboxylic acids is 1. The number of ether oxygens (including phenoxy) is 1. The van der Waals surface area contributed by atoms with Crippen molar-refractivity contribution in [2.24, 2.45) is 5.92 Å². The number of nitrogens with one attached hydrogen (secondary N) is 1. The maximum absolute atomic E-state index is 12.6. The highest BCUT2D eigenvalue weighted by molar-refractivity contribution is 5.92. The van der Waals surface area contributed by atoms with Crippen LogP contribution in [0.15, 0.2) is 36.4 Å². The quantitative estimate of drug-likeness (QED) is 0.620. The zero-order valence-electron chi connectivity index (χ0n) is 15.4. The van der Waals surface area contributed by atoms with Crippen LogP contribution < -0.4 is 15.0 Å². The molecule has 1 amide bonds. The average Bonchev–Trinajstić information content (AvgIpc) is 3.21. The predicted octanol–water partition coefficient (Wildman–Crippen LogP) is 0.838. The SMILES string of the molecule is O=C(O)COc1ccc(NC(=O)C2CCN(c3ccc4nnnn4n3)CC2)cc1. The van der Waals surface area contributed by atoms with Crippen molar-refractivity contribution < 1.29 is 19.4 Å². The van der Waals surface area contributed by atoms with Crippen LogP contribution in [0.4, 0.5) is 11.5 Å². The molecule has 1 aliphatic heterocycles. The summed E-state index contributed by atoms with van der Waals surface area (Å²) in [5.74, 6) is 0.0480. The van der Waals surface area contributed by atoms with Crippen LogP contribution in [-0.4, -0.2) is 61.9 Å². The van der Waals surface area contributed by atoms with E-state index >= 15 is 0 Å². The molecule has 0 spiro atoms. The Balaban J connectivity index is 1.30. The Hall–Kier alpha value is -3.76. The molecule has 150 valence electrons. The van der Waals surface area contributed by atoms with Gasteiger partial charge in [0.1, 0.15) is 5.75 Å². The number of hydrogen-bond acceptors (Lipinski definition) is 8. The van der Waals surface area contributed by atoms with Crippen molar-refractivity contribution in [2.75, 3.05) is 29.9 Å². The van der Waals surface area contributed by atoms with Gasteiger partial charge in [-0.2, -0.15) is 0 Å². The van der Waals surface area contributed by atoms with Gasteiger partial charge in [0.2, 0.25) is 5.91 Å². The van der Waals surface area contributed by atoms with Crippen LogP contribution in [0.5, 0.6) is 5.75 Å².